The summed E-state index contributed by atoms with van der Waals surface area (Å²) in [6.07, 6.45) is 3.84. The van der Waals surface area contributed by atoms with Crippen LogP contribution in [0.25, 0.3) is 0 Å². The molecule has 6 heteroatoms. The summed E-state index contributed by atoms with van der Waals surface area (Å²) in [5.74, 6) is 0.280. The van der Waals surface area contributed by atoms with Crippen LogP contribution in [0.4, 0.5) is 0 Å². The van der Waals surface area contributed by atoms with E-state index in [-0.39, 0.29) is 30.0 Å². The minimum Gasteiger partial charge on any atom is -0.395 e. The van der Waals surface area contributed by atoms with Gasteiger partial charge in [0.1, 0.15) is 0 Å². The molecule has 1 amide bonds. The fourth-order valence-electron chi connectivity index (χ4n) is 5.24. The maximum absolute atomic E-state index is 12.9. The number of benzene rings is 1. The van der Waals surface area contributed by atoms with E-state index in [4.69, 9.17) is 0 Å². The van der Waals surface area contributed by atoms with Gasteiger partial charge >= 0.3 is 0 Å². The Morgan fingerprint density at radius 3 is 2.19 bits per heavy atom. The van der Waals surface area contributed by atoms with Crippen molar-refractivity contribution in [3.8, 4) is 0 Å². The lowest BCUT2D eigenvalue weighted by atomic mass is 9.60. The molecule has 0 bridgehead atoms. The molecule has 2 fully saturated rings. The van der Waals surface area contributed by atoms with Gasteiger partial charge in [-0.15, -0.1) is 0 Å². The molecule has 3 aromatic rings. The molecule has 0 radical (unpaired) electrons. The Bertz CT molecular complexity index is 1020. The SMILES string of the molecule is O=C(Cc1ccccn1)N1CC2(C1)[C@H](c1ccccc1)[C@@H](CO)N2Cc1ccccn1. The number of aromatic nitrogens is 2. The van der Waals surface area contributed by atoms with Crippen molar-refractivity contribution in [2.45, 2.75) is 30.5 Å². The predicted octanol–water partition coefficient (Wildman–Crippen LogP) is 2.26. The molecule has 2 saturated heterocycles. The number of likely N-dealkylation sites (tertiary alicyclic amines) is 2. The third-order valence-corrected chi connectivity index (χ3v) is 6.68. The molecule has 1 N–H and O–H groups in total. The van der Waals surface area contributed by atoms with Crippen molar-refractivity contribution in [3.05, 3.63) is 96.1 Å². The molecule has 5 rings (SSSR count). The summed E-state index contributed by atoms with van der Waals surface area (Å²) >= 11 is 0. The molecule has 6 nitrogen and oxygen atoms in total. The number of hydrogen-bond donors (Lipinski definition) is 1. The monoisotopic (exact) mass is 414 g/mol. The second-order valence-corrected chi connectivity index (χ2v) is 8.44. The van der Waals surface area contributed by atoms with Crippen LogP contribution >= 0.6 is 0 Å². The standard InChI is InChI=1S/C25H26N4O2/c30-16-22-24(19-8-2-1-3-9-19)25(29(22)15-21-11-5-7-13-27-21)17-28(18-25)23(31)14-20-10-4-6-12-26-20/h1-13,22,24,30H,14-18H2/t22-,24-/m1/s1. The summed E-state index contributed by atoms with van der Waals surface area (Å²) in [5.41, 5.74) is 2.81. The van der Waals surface area contributed by atoms with Crippen molar-refractivity contribution < 1.29 is 9.90 Å². The van der Waals surface area contributed by atoms with Crippen molar-refractivity contribution in [1.29, 1.82) is 0 Å². The highest BCUT2D eigenvalue weighted by Crippen LogP contribution is 2.54. The van der Waals surface area contributed by atoms with Crippen molar-refractivity contribution in [1.82, 2.24) is 19.8 Å². The first kappa shape index (κ1) is 19.8. The lowest BCUT2D eigenvalue weighted by molar-refractivity contribution is -0.200. The number of amides is 1. The Balaban J connectivity index is 1.38. The number of aliphatic hydroxyl groups is 1. The summed E-state index contributed by atoms with van der Waals surface area (Å²) in [5, 5.41) is 10.2. The number of carbonyl (C=O) groups is 1. The van der Waals surface area contributed by atoms with Crippen molar-refractivity contribution in [2.75, 3.05) is 19.7 Å². The molecular weight excluding hydrogens is 388 g/mol. The molecule has 1 spiro atoms. The van der Waals surface area contributed by atoms with Gasteiger partial charge < -0.3 is 10.0 Å². The van der Waals surface area contributed by atoms with Gasteiger partial charge in [0, 0.05) is 49.7 Å². The fourth-order valence-corrected chi connectivity index (χ4v) is 5.24. The fraction of sp³-hybridized carbons (Fsp3) is 0.320. The zero-order chi connectivity index (χ0) is 21.3. The average Bonchev–Trinajstić information content (AvgIpc) is 2.77. The Morgan fingerprint density at radius 2 is 1.58 bits per heavy atom. The van der Waals surface area contributed by atoms with Crippen molar-refractivity contribution in [2.24, 2.45) is 0 Å². The average molecular weight is 415 g/mol. The van der Waals surface area contributed by atoms with E-state index in [0.29, 0.717) is 26.1 Å². The molecular formula is C25H26N4O2. The van der Waals surface area contributed by atoms with Crippen molar-refractivity contribution >= 4 is 5.91 Å². The molecule has 2 aliphatic rings. The second kappa shape index (κ2) is 8.21. The van der Waals surface area contributed by atoms with Crippen LogP contribution in [-0.2, 0) is 17.8 Å². The number of rotatable bonds is 6. The number of aliphatic hydroxyl groups excluding tert-OH is 1. The van der Waals surface area contributed by atoms with Gasteiger partial charge in [-0.3, -0.25) is 19.7 Å². The Kier molecular flexibility index (Phi) is 5.26. The van der Waals surface area contributed by atoms with Crippen molar-refractivity contribution in [3.63, 3.8) is 0 Å². The van der Waals surface area contributed by atoms with Gasteiger partial charge in [0.25, 0.3) is 0 Å². The third-order valence-electron chi connectivity index (χ3n) is 6.68. The molecule has 1 aromatic carbocycles. The van der Waals surface area contributed by atoms with E-state index in [2.05, 4.69) is 27.0 Å². The first-order valence-electron chi connectivity index (χ1n) is 10.7. The van der Waals surface area contributed by atoms with Crippen LogP contribution in [0.3, 0.4) is 0 Å². The summed E-state index contributed by atoms with van der Waals surface area (Å²) in [7, 11) is 0. The zero-order valence-corrected chi connectivity index (χ0v) is 17.3. The van der Waals surface area contributed by atoms with Crippen LogP contribution in [0.1, 0.15) is 22.9 Å². The van der Waals surface area contributed by atoms with Gasteiger partial charge in [-0.2, -0.15) is 0 Å². The predicted molar refractivity (Wildman–Crippen MR) is 117 cm³/mol. The number of nitrogens with zero attached hydrogens (tertiary/aromatic N) is 4. The maximum Gasteiger partial charge on any atom is 0.228 e. The largest absolute Gasteiger partial charge is 0.395 e. The summed E-state index contributed by atoms with van der Waals surface area (Å²) in [6.45, 7) is 2.05. The lowest BCUT2D eigenvalue weighted by Crippen LogP contribution is -2.84. The van der Waals surface area contributed by atoms with Crippen LogP contribution < -0.4 is 0 Å². The highest BCUT2D eigenvalue weighted by atomic mass is 16.3. The molecule has 0 aliphatic carbocycles. The van der Waals surface area contributed by atoms with Gasteiger partial charge in [-0.05, 0) is 29.8 Å². The maximum atomic E-state index is 12.9. The molecule has 0 saturated carbocycles. The van der Waals surface area contributed by atoms with Gasteiger partial charge in [0.05, 0.1) is 24.3 Å². The van der Waals surface area contributed by atoms with E-state index < -0.39 is 0 Å². The first-order valence-corrected chi connectivity index (χ1v) is 10.7. The molecule has 2 atom stereocenters. The molecule has 31 heavy (non-hydrogen) atoms. The van der Waals surface area contributed by atoms with Crippen LogP contribution in [0.5, 0.6) is 0 Å². The smallest absolute Gasteiger partial charge is 0.228 e. The van der Waals surface area contributed by atoms with Gasteiger partial charge in [0.15, 0.2) is 0 Å². The van der Waals surface area contributed by atoms with Crippen LogP contribution in [-0.4, -0.2) is 62.1 Å². The van der Waals surface area contributed by atoms with Crippen LogP contribution in [0.2, 0.25) is 0 Å². The summed E-state index contributed by atoms with van der Waals surface area (Å²) in [4.78, 5) is 25.9. The van der Waals surface area contributed by atoms with E-state index in [1.165, 1.54) is 5.56 Å². The van der Waals surface area contributed by atoms with Crippen LogP contribution in [0, 0.1) is 0 Å². The number of pyridine rings is 2. The van der Waals surface area contributed by atoms with Gasteiger partial charge in [-0.1, -0.05) is 42.5 Å². The minimum atomic E-state index is -0.175. The van der Waals surface area contributed by atoms with Gasteiger partial charge in [0.2, 0.25) is 5.91 Å². The number of hydrogen-bond acceptors (Lipinski definition) is 5. The highest BCUT2D eigenvalue weighted by molar-refractivity contribution is 5.80. The van der Waals surface area contributed by atoms with E-state index in [1.54, 1.807) is 12.4 Å². The molecule has 4 heterocycles. The molecule has 158 valence electrons. The zero-order valence-electron chi connectivity index (χ0n) is 17.3. The first-order chi connectivity index (χ1) is 15.2. The Labute approximate surface area is 182 Å². The quantitative estimate of drug-likeness (QED) is 0.670. The van der Waals surface area contributed by atoms with Crippen LogP contribution in [0.15, 0.2) is 79.1 Å². The highest BCUT2D eigenvalue weighted by Gasteiger charge is 2.66. The Morgan fingerprint density at radius 1 is 0.935 bits per heavy atom. The normalized spacial score (nSPS) is 22.0. The topological polar surface area (TPSA) is 69.6 Å². The number of carbonyl (C=O) groups excluding carboxylic acids is 1. The third kappa shape index (κ3) is 3.52. The molecule has 0 unspecified atom stereocenters. The van der Waals surface area contributed by atoms with E-state index >= 15 is 0 Å². The second-order valence-electron chi connectivity index (χ2n) is 8.44. The summed E-state index contributed by atoms with van der Waals surface area (Å²) < 4.78 is 0. The molecule has 2 aliphatic heterocycles. The summed E-state index contributed by atoms with van der Waals surface area (Å²) in [6, 6.07) is 21.9. The van der Waals surface area contributed by atoms with E-state index in [9.17, 15) is 9.90 Å². The molecule has 2 aromatic heterocycles. The Hall–Kier alpha value is -3.09. The minimum absolute atomic E-state index is 0.0115. The lowest BCUT2D eigenvalue weighted by Gasteiger charge is -2.70. The van der Waals surface area contributed by atoms with Gasteiger partial charge in [-0.25, -0.2) is 0 Å². The van der Waals surface area contributed by atoms with E-state index in [0.717, 1.165) is 11.4 Å². The van der Waals surface area contributed by atoms with E-state index in [1.807, 2.05) is 59.5 Å².